The summed E-state index contributed by atoms with van der Waals surface area (Å²) in [6.45, 7) is 6.70. The van der Waals surface area contributed by atoms with Crippen LogP contribution in [0.5, 0.6) is 0 Å². The fourth-order valence-corrected chi connectivity index (χ4v) is 2.20. The molecule has 1 unspecified atom stereocenters. The van der Waals surface area contributed by atoms with E-state index in [0.717, 1.165) is 6.42 Å². The van der Waals surface area contributed by atoms with Crippen molar-refractivity contribution < 1.29 is 0 Å². The average molecular weight is 227 g/mol. The minimum Gasteiger partial charge on any atom is -0.376 e. The summed E-state index contributed by atoms with van der Waals surface area (Å²) in [5.41, 5.74) is 2.61. The Morgan fingerprint density at radius 1 is 1.18 bits per heavy atom. The first-order valence-corrected chi connectivity index (χ1v) is 6.32. The Bertz CT molecular complexity index is 428. The molecule has 1 nitrogen and oxygen atoms in total. The van der Waals surface area contributed by atoms with E-state index < -0.39 is 0 Å². The number of benzene rings is 1. The summed E-state index contributed by atoms with van der Waals surface area (Å²) in [5.74, 6) is 0.559. The lowest BCUT2D eigenvalue weighted by Gasteiger charge is -2.38. The van der Waals surface area contributed by atoms with E-state index in [1.54, 1.807) is 0 Å². The maximum atomic E-state index is 3.68. The van der Waals surface area contributed by atoms with Crippen molar-refractivity contribution in [3.8, 4) is 0 Å². The summed E-state index contributed by atoms with van der Waals surface area (Å²) in [7, 11) is 0. The van der Waals surface area contributed by atoms with E-state index in [2.05, 4.69) is 68.6 Å². The van der Waals surface area contributed by atoms with Gasteiger partial charge in [0.2, 0.25) is 0 Å². The third-order valence-electron chi connectivity index (χ3n) is 3.59. The lowest BCUT2D eigenvalue weighted by Crippen LogP contribution is -2.42. The molecule has 1 aromatic rings. The Hall–Kier alpha value is -1.50. The normalized spacial score (nSPS) is 23.6. The van der Waals surface area contributed by atoms with Gasteiger partial charge in [-0.15, -0.1) is 0 Å². The number of rotatable bonds is 3. The van der Waals surface area contributed by atoms with Crippen LogP contribution in [0.3, 0.4) is 0 Å². The summed E-state index contributed by atoms with van der Waals surface area (Å²) in [6, 6.07) is 10.5. The molecule has 1 aromatic carbocycles. The van der Waals surface area contributed by atoms with Crippen molar-refractivity contribution in [1.82, 2.24) is 0 Å². The van der Waals surface area contributed by atoms with Crippen LogP contribution >= 0.6 is 0 Å². The van der Waals surface area contributed by atoms with Crippen LogP contribution in [-0.4, -0.2) is 5.54 Å². The van der Waals surface area contributed by atoms with Gasteiger partial charge >= 0.3 is 0 Å². The van der Waals surface area contributed by atoms with Crippen molar-refractivity contribution in [1.29, 1.82) is 0 Å². The summed E-state index contributed by atoms with van der Waals surface area (Å²) in [6.07, 6.45) is 7.91. The van der Waals surface area contributed by atoms with Gasteiger partial charge in [-0.05, 0) is 31.4 Å². The summed E-state index contributed by atoms with van der Waals surface area (Å²) in [5, 5.41) is 3.68. The maximum absolute atomic E-state index is 3.68. The van der Waals surface area contributed by atoms with Crippen molar-refractivity contribution >= 4 is 5.69 Å². The molecule has 1 heteroatoms. The summed E-state index contributed by atoms with van der Waals surface area (Å²) < 4.78 is 0. The molecule has 0 amide bonds. The molecule has 0 saturated carbocycles. The van der Waals surface area contributed by atoms with E-state index in [1.807, 2.05) is 6.07 Å². The molecule has 1 atom stereocenters. The van der Waals surface area contributed by atoms with Crippen LogP contribution in [0, 0.1) is 5.92 Å². The molecule has 0 radical (unpaired) electrons. The van der Waals surface area contributed by atoms with Gasteiger partial charge in [0.05, 0.1) is 5.54 Å². The fourth-order valence-electron chi connectivity index (χ4n) is 2.20. The minimum atomic E-state index is 0.0564. The van der Waals surface area contributed by atoms with Crippen LogP contribution in [0.2, 0.25) is 0 Å². The first-order valence-electron chi connectivity index (χ1n) is 6.32. The monoisotopic (exact) mass is 227 g/mol. The second-order valence-electron chi connectivity index (χ2n) is 5.17. The van der Waals surface area contributed by atoms with Crippen LogP contribution in [0.15, 0.2) is 54.1 Å². The lowest BCUT2D eigenvalue weighted by molar-refractivity contribution is 0.418. The van der Waals surface area contributed by atoms with Crippen molar-refractivity contribution in [2.45, 2.75) is 32.7 Å². The van der Waals surface area contributed by atoms with Gasteiger partial charge in [-0.25, -0.2) is 0 Å². The van der Waals surface area contributed by atoms with Crippen LogP contribution in [0.4, 0.5) is 5.69 Å². The second-order valence-corrected chi connectivity index (χ2v) is 5.17. The Morgan fingerprint density at radius 2 is 1.88 bits per heavy atom. The molecule has 0 bridgehead atoms. The van der Waals surface area contributed by atoms with Gasteiger partial charge in [-0.2, -0.15) is 0 Å². The van der Waals surface area contributed by atoms with Crippen LogP contribution < -0.4 is 5.32 Å². The predicted molar refractivity (Wildman–Crippen MR) is 75.1 cm³/mol. The molecule has 0 aliphatic heterocycles. The molecular weight excluding hydrogens is 206 g/mol. The van der Waals surface area contributed by atoms with Gasteiger partial charge in [0, 0.05) is 5.69 Å². The number of allylic oxidation sites excluding steroid dienone is 2. The van der Waals surface area contributed by atoms with E-state index in [-0.39, 0.29) is 5.54 Å². The highest BCUT2D eigenvalue weighted by Crippen LogP contribution is 2.32. The zero-order valence-corrected chi connectivity index (χ0v) is 10.9. The third-order valence-corrected chi connectivity index (χ3v) is 3.59. The highest BCUT2D eigenvalue weighted by Gasteiger charge is 2.31. The van der Waals surface area contributed by atoms with Crippen molar-refractivity contribution in [3.63, 3.8) is 0 Å². The number of hydrogen-bond donors (Lipinski definition) is 1. The van der Waals surface area contributed by atoms with Gasteiger partial charge < -0.3 is 5.32 Å². The van der Waals surface area contributed by atoms with Gasteiger partial charge in [0.15, 0.2) is 0 Å². The van der Waals surface area contributed by atoms with Gasteiger partial charge in [0.1, 0.15) is 0 Å². The topological polar surface area (TPSA) is 12.0 Å². The minimum absolute atomic E-state index is 0.0564. The zero-order chi connectivity index (χ0) is 12.3. The molecule has 1 aliphatic carbocycles. The Labute approximate surface area is 104 Å². The lowest BCUT2D eigenvalue weighted by atomic mass is 9.79. The van der Waals surface area contributed by atoms with E-state index in [1.165, 1.54) is 11.3 Å². The molecule has 2 rings (SSSR count). The van der Waals surface area contributed by atoms with E-state index in [0.29, 0.717) is 5.92 Å². The Balaban J connectivity index is 2.23. The molecule has 17 heavy (non-hydrogen) atoms. The standard InChI is InChI=1S/C16H21N/c1-13(2)16(11-9-14(3)10-12-16)17-15-7-5-4-6-8-15/h4-11,13,17H,12H2,1-3H3. The number of nitrogens with one attached hydrogen (secondary N) is 1. The van der Waals surface area contributed by atoms with Crippen LogP contribution in [0.1, 0.15) is 27.2 Å². The predicted octanol–water partition coefficient (Wildman–Crippen LogP) is 4.40. The summed E-state index contributed by atoms with van der Waals surface area (Å²) in [4.78, 5) is 0. The molecule has 0 spiro atoms. The Morgan fingerprint density at radius 3 is 2.41 bits per heavy atom. The first kappa shape index (κ1) is 12.0. The molecule has 90 valence electrons. The molecular formula is C16H21N. The van der Waals surface area contributed by atoms with Crippen LogP contribution in [0.25, 0.3) is 0 Å². The molecule has 0 saturated heterocycles. The van der Waals surface area contributed by atoms with Crippen molar-refractivity contribution in [2.75, 3.05) is 5.32 Å². The second kappa shape index (κ2) is 4.79. The van der Waals surface area contributed by atoms with E-state index >= 15 is 0 Å². The number of hydrogen-bond acceptors (Lipinski definition) is 1. The zero-order valence-electron chi connectivity index (χ0n) is 10.9. The van der Waals surface area contributed by atoms with Gasteiger partial charge in [-0.3, -0.25) is 0 Å². The van der Waals surface area contributed by atoms with Gasteiger partial charge in [-0.1, -0.05) is 55.8 Å². The average Bonchev–Trinajstić information content (AvgIpc) is 2.33. The van der Waals surface area contributed by atoms with Crippen molar-refractivity contribution in [2.24, 2.45) is 5.92 Å². The molecule has 1 N–H and O–H groups in total. The maximum Gasteiger partial charge on any atom is 0.0616 e. The smallest absolute Gasteiger partial charge is 0.0616 e. The van der Waals surface area contributed by atoms with Gasteiger partial charge in [0.25, 0.3) is 0 Å². The number of anilines is 1. The SMILES string of the molecule is CC1=CCC(Nc2ccccc2)(C(C)C)C=C1. The third kappa shape index (κ3) is 2.60. The van der Waals surface area contributed by atoms with E-state index in [4.69, 9.17) is 0 Å². The quantitative estimate of drug-likeness (QED) is 0.807. The Kier molecular flexibility index (Phi) is 3.37. The number of para-hydroxylation sites is 1. The highest BCUT2D eigenvalue weighted by atomic mass is 15.0. The first-order chi connectivity index (χ1) is 8.12. The fraction of sp³-hybridized carbons (Fsp3) is 0.375. The molecule has 0 aromatic heterocycles. The highest BCUT2D eigenvalue weighted by molar-refractivity contribution is 5.49. The molecule has 0 fully saturated rings. The largest absolute Gasteiger partial charge is 0.376 e. The van der Waals surface area contributed by atoms with Crippen LogP contribution in [-0.2, 0) is 0 Å². The van der Waals surface area contributed by atoms with E-state index in [9.17, 15) is 0 Å². The molecule has 0 heterocycles. The summed E-state index contributed by atoms with van der Waals surface area (Å²) >= 11 is 0. The molecule has 1 aliphatic rings. The van der Waals surface area contributed by atoms with Crippen molar-refractivity contribution in [3.05, 3.63) is 54.1 Å².